The fraction of sp³-hybridized carbons (Fsp3) is 0.583. The third-order valence-electron chi connectivity index (χ3n) is 2.49. The fourth-order valence-electron chi connectivity index (χ4n) is 1.60. The first-order valence-electron chi connectivity index (χ1n) is 5.43. The topological polar surface area (TPSA) is 40.5 Å². The average molecular weight is 276 g/mol. The van der Waals surface area contributed by atoms with E-state index in [9.17, 15) is 9.90 Å². The van der Waals surface area contributed by atoms with Crippen molar-refractivity contribution in [1.82, 2.24) is 4.90 Å². The van der Waals surface area contributed by atoms with Crippen molar-refractivity contribution in [1.29, 1.82) is 0 Å². The van der Waals surface area contributed by atoms with Crippen LogP contribution in [0.1, 0.15) is 30.4 Å². The number of aliphatic hydroxyl groups is 1. The maximum atomic E-state index is 12.1. The predicted molar refractivity (Wildman–Crippen MR) is 72.0 cm³/mol. The van der Waals surface area contributed by atoms with Gasteiger partial charge in [-0.3, -0.25) is 9.69 Å². The van der Waals surface area contributed by atoms with E-state index >= 15 is 0 Å². The molecule has 3 nitrogen and oxygen atoms in total. The van der Waals surface area contributed by atoms with Crippen molar-refractivity contribution >= 4 is 28.7 Å². The summed E-state index contributed by atoms with van der Waals surface area (Å²) in [5.41, 5.74) is -0.809. The highest BCUT2D eigenvalue weighted by Gasteiger charge is 2.25. The number of ketones is 1. The Hall–Kier alpha value is -0.420. The highest BCUT2D eigenvalue weighted by molar-refractivity contribution is 7.18. The number of carbonyl (C=O) groups is 1. The van der Waals surface area contributed by atoms with Crippen LogP contribution in [0.4, 0.5) is 0 Å². The number of carbonyl (C=O) groups excluding carboxylic acids is 1. The third-order valence-corrected chi connectivity index (χ3v) is 3.74. The largest absolute Gasteiger partial charge is 0.389 e. The minimum Gasteiger partial charge on any atom is -0.389 e. The molecule has 1 aromatic rings. The lowest BCUT2D eigenvalue weighted by Crippen LogP contribution is -2.44. The lowest BCUT2D eigenvalue weighted by Gasteiger charge is -2.29. The molecule has 1 aromatic heterocycles. The summed E-state index contributed by atoms with van der Waals surface area (Å²) in [7, 11) is 1.83. The molecular weight excluding hydrogens is 258 g/mol. The van der Waals surface area contributed by atoms with Gasteiger partial charge in [0.25, 0.3) is 0 Å². The van der Waals surface area contributed by atoms with Gasteiger partial charge in [0, 0.05) is 6.54 Å². The van der Waals surface area contributed by atoms with Gasteiger partial charge in [0.1, 0.15) is 0 Å². The van der Waals surface area contributed by atoms with E-state index in [4.69, 9.17) is 11.6 Å². The maximum Gasteiger partial charge on any atom is 0.189 e. The standard InChI is InChI=1S/C12H18ClNO2S/c1-8(14(4)7-12(2,3)16)11(15)9-5-6-10(13)17-9/h5-6,8,16H,7H2,1-4H3. The van der Waals surface area contributed by atoms with Gasteiger partial charge >= 0.3 is 0 Å². The summed E-state index contributed by atoms with van der Waals surface area (Å²) in [4.78, 5) is 14.6. The van der Waals surface area contributed by atoms with Gasteiger partial charge < -0.3 is 5.11 Å². The third kappa shape index (κ3) is 4.39. The van der Waals surface area contributed by atoms with E-state index in [1.165, 1.54) is 11.3 Å². The van der Waals surface area contributed by atoms with E-state index in [0.717, 1.165) is 0 Å². The zero-order chi connectivity index (χ0) is 13.2. The zero-order valence-corrected chi connectivity index (χ0v) is 12.1. The molecule has 0 spiro atoms. The first kappa shape index (κ1) is 14.6. The zero-order valence-electron chi connectivity index (χ0n) is 10.5. The number of thiophene rings is 1. The summed E-state index contributed by atoms with van der Waals surface area (Å²) in [5.74, 6) is 0.0358. The van der Waals surface area contributed by atoms with E-state index in [2.05, 4.69) is 0 Å². The molecule has 17 heavy (non-hydrogen) atoms. The molecule has 0 aromatic carbocycles. The molecule has 0 fully saturated rings. The van der Waals surface area contributed by atoms with E-state index < -0.39 is 5.60 Å². The lowest BCUT2D eigenvalue weighted by atomic mass is 10.1. The number of nitrogens with zero attached hydrogens (tertiary/aromatic N) is 1. The minimum absolute atomic E-state index is 0.0358. The Balaban J connectivity index is 2.70. The Bertz CT molecular complexity index is 397. The van der Waals surface area contributed by atoms with Crippen molar-refractivity contribution in [3.63, 3.8) is 0 Å². The molecule has 1 unspecified atom stereocenters. The van der Waals surface area contributed by atoms with Gasteiger partial charge in [0.05, 0.1) is 20.9 Å². The van der Waals surface area contributed by atoms with E-state index in [0.29, 0.717) is 15.8 Å². The molecule has 5 heteroatoms. The second kappa shape index (κ2) is 5.48. The van der Waals surface area contributed by atoms with Crippen LogP contribution in [0.3, 0.4) is 0 Å². The lowest BCUT2D eigenvalue weighted by molar-refractivity contribution is 0.0331. The molecule has 96 valence electrons. The Kier molecular flexibility index (Phi) is 4.72. The Morgan fingerprint density at radius 1 is 1.59 bits per heavy atom. The van der Waals surface area contributed by atoms with Crippen LogP contribution in [0.25, 0.3) is 0 Å². The van der Waals surface area contributed by atoms with Crippen molar-refractivity contribution in [2.75, 3.05) is 13.6 Å². The Morgan fingerprint density at radius 3 is 2.59 bits per heavy atom. The quantitative estimate of drug-likeness (QED) is 0.840. The molecule has 1 atom stereocenters. The van der Waals surface area contributed by atoms with Crippen LogP contribution < -0.4 is 0 Å². The van der Waals surface area contributed by atoms with Crippen LogP contribution in [-0.4, -0.2) is 41.0 Å². The number of rotatable bonds is 5. The Labute approximate surface area is 111 Å². The summed E-state index contributed by atoms with van der Waals surface area (Å²) >= 11 is 7.09. The minimum atomic E-state index is -0.809. The van der Waals surface area contributed by atoms with Crippen LogP contribution in [0.15, 0.2) is 12.1 Å². The van der Waals surface area contributed by atoms with E-state index in [1.54, 1.807) is 26.0 Å². The SMILES string of the molecule is CC(C(=O)c1ccc(Cl)s1)N(C)CC(C)(C)O. The Morgan fingerprint density at radius 2 is 2.18 bits per heavy atom. The smallest absolute Gasteiger partial charge is 0.189 e. The van der Waals surface area contributed by atoms with Gasteiger partial charge in [-0.05, 0) is 40.0 Å². The number of hydrogen-bond acceptors (Lipinski definition) is 4. The molecule has 0 aliphatic heterocycles. The summed E-state index contributed by atoms with van der Waals surface area (Å²) in [5, 5.41) is 9.72. The maximum absolute atomic E-state index is 12.1. The van der Waals surface area contributed by atoms with Gasteiger partial charge in [-0.15, -0.1) is 11.3 Å². The van der Waals surface area contributed by atoms with Gasteiger partial charge in [-0.2, -0.15) is 0 Å². The molecule has 0 saturated carbocycles. The van der Waals surface area contributed by atoms with Gasteiger partial charge in [0.15, 0.2) is 5.78 Å². The molecule has 0 aliphatic rings. The summed E-state index contributed by atoms with van der Waals surface area (Å²) in [6.07, 6.45) is 0. The summed E-state index contributed by atoms with van der Waals surface area (Å²) in [6, 6.07) is 3.20. The number of Topliss-reactive ketones (excluding diaryl/α,β-unsaturated/α-hetero) is 1. The molecule has 0 saturated heterocycles. The predicted octanol–water partition coefficient (Wildman–Crippen LogP) is 2.68. The molecular formula is C12H18ClNO2S. The van der Waals surface area contributed by atoms with E-state index in [1.807, 2.05) is 18.9 Å². The van der Waals surface area contributed by atoms with Crippen molar-refractivity contribution in [3.05, 3.63) is 21.3 Å². The van der Waals surface area contributed by atoms with Crippen molar-refractivity contribution in [2.24, 2.45) is 0 Å². The van der Waals surface area contributed by atoms with Crippen LogP contribution >= 0.6 is 22.9 Å². The first-order valence-corrected chi connectivity index (χ1v) is 6.62. The van der Waals surface area contributed by atoms with Crippen molar-refractivity contribution in [2.45, 2.75) is 32.4 Å². The second-order valence-corrected chi connectivity index (χ2v) is 6.59. The number of likely N-dealkylation sites (N-methyl/N-ethyl adjacent to an activating group) is 1. The summed E-state index contributed by atoms with van der Waals surface area (Å²) in [6.45, 7) is 5.73. The highest BCUT2D eigenvalue weighted by atomic mass is 35.5. The molecule has 0 radical (unpaired) electrons. The second-order valence-electron chi connectivity index (χ2n) is 4.87. The number of hydrogen-bond donors (Lipinski definition) is 1. The van der Waals surface area contributed by atoms with Crippen LogP contribution in [0.5, 0.6) is 0 Å². The summed E-state index contributed by atoms with van der Waals surface area (Å²) < 4.78 is 0.616. The van der Waals surface area contributed by atoms with Crippen molar-refractivity contribution in [3.8, 4) is 0 Å². The van der Waals surface area contributed by atoms with E-state index in [-0.39, 0.29) is 11.8 Å². The van der Waals surface area contributed by atoms with Crippen LogP contribution in [-0.2, 0) is 0 Å². The molecule has 1 rings (SSSR count). The van der Waals surface area contributed by atoms with Gasteiger partial charge in [0.2, 0.25) is 0 Å². The molecule has 0 amide bonds. The van der Waals surface area contributed by atoms with Gasteiger partial charge in [-0.1, -0.05) is 11.6 Å². The molecule has 1 heterocycles. The highest BCUT2D eigenvalue weighted by Crippen LogP contribution is 2.23. The first-order chi connectivity index (χ1) is 7.70. The average Bonchev–Trinajstić information content (AvgIpc) is 2.60. The van der Waals surface area contributed by atoms with Crippen molar-refractivity contribution < 1.29 is 9.90 Å². The molecule has 0 aliphatic carbocycles. The molecule has 1 N–H and O–H groups in total. The molecule has 0 bridgehead atoms. The van der Waals surface area contributed by atoms with Crippen LogP contribution in [0, 0.1) is 0 Å². The monoisotopic (exact) mass is 275 g/mol. The normalized spacial score (nSPS) is 14.1. The van der Waals surface area contributed by atoms with Gasteiger partial charge in [-0.25, -0.2) is 0 Å². The number of halogens is 1. The van der Waals surface area contributed by atoms with Crippen LogP contribution in [0.2, 0.25) is 4.34 Å². The fourth-order valence-corrected chi connectivity index (χ4v) is 2.67.